The van der Waals surface area contributed by atoms with Crippen LogP contribution in [0.2, 0.25) is 0 Å². The van der Waals surface area contributed by atoms with Gasteiger partial charge >= 0.3 is 38.3 Å². The summed E-state index contributed by atoms with van der Waals surface area (Å²) in [6, 6.07) is 0. The number of rotatable bonds is 0. The van der Waals surface area contributed by atoms with E-state index >= 15 is 0 Å². The molecule has 0 aromatic rings. The molecule has 8 nitrogen and oxygen atoms in total. The van der Waals surface area contributed by atoms with Gasteiger partial charge in [-0.2, -0.15) is 0 Å². The third-order valence-corrected chi connectivity index (χ3v) is 0. The van der Waals surface area contributed by atoms with Gasteiger partial charge in [0.15, 0.2) is 0 Å². The van der Waals surface area contributed by atoms with Crippen LogP contribution < -0.4 is 0 Å². The predicted molar refractivity (Wildman–Crippen MR) is 27.4 cm³/mol. The summed E-state index contributed by atoms with van der Waals surface area (Å²) in [5.41, 5.74) is 0. The van der Waals surface area contributed by atoms with Crippen LogP contribution in [0.25, 0.3) is 0 Å². The third-order valence-electron chi connectivity index (χ3n) is 0. The molecule has 0 spiro atoms. The van der Waals surface area contributed by atoms with Gasteiger partial charge in [-0.1, -0.05) is 0 Å². The van der Waals surface area contributed by atoms with Crippen molar-refractivity contribution in [1.29, 1.82) is 0 Å². The molecule has 0 rings (SSSR count). The molecule has 0 bridgehead atoms. The summed E-state index contributed by atoms with van der Waals surface area (Å²) in [5, 5.41) is 21.5. The van der Waals surface area contributed by atoms with Crippen LogP contribution >= 0.6 is 7.82 Å². The van der Waals surface area contributed by atoms with Crippen molar-refractivity contribution >= 4 is 15.1 Å². The van der Waals surface area contributed by atoms with E-state index in [1.165, 1.54) is 0 Å². The molecule has 11 heavy (non-hydrogen) atoms. The summed E-state index contributed by atoms with van der Waals surface area (Å²) in [7, 11) is -6.81. The second kappa shape index (κ2) is 10.5. The van der Waals surface area contributed by atoms with E-state index in [1.54, 1.807) is 0 Å². The van der Waals surface area contributed by atoms with Crippen molar-refractivity contribution in [2.24, 2.45) is 0 Å². The second-order valence-corrected chi connectivity index (χ2v) is 1.89. The number of hydrogen-bond acceptors (Lipinski definition) is 5. The Hall–Kier alpha value is 0.543. The van der Waals surface area contributed by atoms with Crippen LogP contribution in [0, 0.1) is 0 Å². The summed E-state index contributed by atoms with van der Waals surface area (Å²) in [6.07, 6.45) is 0. The Morgan fingerprint density at radius 2 is 1.00 bits per heavy atom. The van der Waals surface area contributed by atoms with Crippen LogP contribution in [0.15, 0.2) is 0 Å². The third kappa shape index (κ3) is 2610. The first kappa shape index (κ1) is 17.6. The van der Waals surface area contributed by atoms with Gasteiger partial charge in [-0.3, -0.25) is 0 Å². The molecule has 0 aromatic heterocycles. The van der Waals surface area contributed by atoms with Crippen LogP contribution in [-0.4, -0.2) is 37.1 Å². The summed E-state index contributed by atoms with van der Waals surface area (Å²) < 4.78 is 17.1. The van der Waals surface area contributed by atoms with Crippen molar-refractivity contribution in [3.8, 4) is 0 Å². The first-order chi connectivity index (χ1) is 4.73. The maximum absolute atomic E-state index is 8.88. The summed E-state index contributed by atoms with van der Waals surface area (Å²) in [4.78, 5) is 21.6. The Kier molecular flexibility index (Phi) is 16.9. The fraction of sp³-hybridized carbons (Fsp3) is 0. The molecule has 0 saturated carbocycles. The minimum atomic E-state index is -4.64. The average Bonchev–Trinajstić information content (AvgIpc) is 1.63. The molecule has 0 aliphatic carbocycles. The minimum absolute atomic E-state index is 0.700. The zero-order valence-corrected chi connectivity index (χ0v) is 7.83. The van der Waals surface area contributed by atoms with Crippen molar-refractivity contribution < 1.29 is 57.5 Å². The molecule has 0 aromatic carbocycles. The number of hydrogen-bond donors (Lipinski definition) is 6. The first-order valence-electron chi connectivity index (χ1n) is 1.72. The van der Waals surface area contributed by atoms with E-state index in [1.807, 2.05) is 0 Å². The zero-order chi connectivity index (χ0) is 10.1. The van der Waals surface area contributed by atoms with E-state index in [2.05, 4.69) is 0 Å². The summed E-state index contributed by atoms with van der Waals surface area (Å²) in [5.74, 6) is 0. The maximum atomic E-state index is 8.88. The van der Waals surface area contributed by atoms with Gasteiger partial charge in [0.05, 0.1) is 0 Å². The quantitative estimate of drug-likeness (QED) is 0.200. The van der Waals surface area contributed by atoms with Crippen molar-refractivity contribution in [2.45, 2.75) is 0 Å². The standard InChI is InChI=1S/BH3O3.Mo.H3O4P.O/c2-1(3)4;;1-5(2,3)4;/h2-4H;;(H3,1,2,3,4);. The van der Waals surface area contributed by atoms with Gasteiger partial charge in [0, 0.05) is 0 Å². The van der Waals surface area contributed by atoms with E-state index in [4.69, 9.17) is 37.7 Å². The van der Waals surface area contributed by atoms with Crippen LogP contribution in [0.5, 0.6) is 0 Å². The van der Waals surface area contributed by atoms with Gasteiger partial charge in [-0.05, 0) is 0 Å². The predicted octanol–water partition coefficient (Wildman–Crippen LogP) is -3.10. The summed E-state index contributed by atoms with van der Waals surface area (Å²) >= 11 is 0.700. The van der Waals surface area contributed by atoms with E-state index in [0.29, 0.717) is 19.8 Å². The van der Waals surface area contributed by atoms with Crippen molar-refractivity contribution in [3.05, 3.63) is 0 Å². The Labute approximate surface area is 73.1 Å². The molecule has 0 radical (unpaired) electrons. The molecule has 0 amide bonds. The molecule has 0 aliphatic heterocycles. The molecular formula is H6BMoO8P. The molecule has 6 N–H and O–H groups in total. The van der Waals surface area contributed by atoms with Crippen molar-refractivity contribution in [1.82, 2.24) is 0 Å². The van der Waals surface area contributed by atoms with Gasteiger partial charge in [0.2, 0.25) is 0 Å². The molecule has 0 heterocycles. The molecular weight excluding hydrogens is 266 g/mol. The number of phosphoric acid groups is 1. The molecule has 11 heteroatoms. The van der Waals surface area contributed by atoms with Gasteiger partial charge in [-0.15, -0.1) is 0 Å². The van der Waals surface area contributed by atoms with Crippen LogP contribution in [0.1, 0.15) is 0 Å². The fourth-order valence-corrected chi connectivity index (χ4v) is 0. The molecule has 0 saturated heterocycles. The Morgan fingerprint density at radius 1 is 1.00 bits per heavy atom. The molecule has 68 valence electrons. The van der Waals surface area contributed by atoms with Crippen LogP contribution in [0.4, 0.5) is 0 Å². The monoisotopic (exact) mass is 274 g/mol. The molecule has 0 fully saturated rings. The van der Waals surface area contributed by atoms with Gasteiger partial charge in [0.25, 0.3) is 0 Å². The topological polar surface area (TPSA) is 156 Å². The van der Waals surface area contributed by atoms with Gasteiger partial charge in [0.1, 0.15) is 0 Å². The van der Waals surface area contributed by atoms with E-state index in [-0.39, 0.29) is 0 Å². The van der Waals surface area contributed by atoms with E-state index in [0.717, 1.165) is 0 Å². The molecule has 0 aliphatic rings. The molecule has 0 atom stereocenters. The Bertz CT molecular complexity index is 95.6. The SMILES string of the molecule is O=P(O)(O)O.OB(O)O.[O]=[Mo]. The average molecular weight is 272 g/mol. The summed E-state index contributed by atoms with van der Waals surface area (Å²) in [6.45, 7) is 0. The molecule has 0 unspecified atom stereocenters. The Morgan fingerprint density at radius 3 is 1.00 bits per heavy atom. The van der Waals surface area contributed by atoms with Crippen molar-refractivity contribution in [2.75, 3.05) is 0 Å². The normalized spacial score (nSPS) is 8.18. The zero-order valence-electron chi connectivity index (χ0n) is 4.93. The van der Waals surface area contributed by atoms with Crippen LogP contribution in [-0.2, 0) is 27.7 Å². The Balaban J connectivity index is -0.0000000965. The van der Waals surface area contributed by atoms with Crippen LogP contribution in [0.3, 0.4) is 0 Å². The van der Waals surface area contributed by atoms with Crippen molar-refractivity contribution in [3.63, 3.8) is 0 Å². The van der Waals surface area contributed by atoms with E-state index in [9.17, 15) is 0 Å². The van der Waals surface area contributed by atoms with E-state index < -0.39 is 15.1 Å². The van der Waals surface area contributed by atoms with Gasteiger partial charge < -0.3 is 29.8 Å². The second-order valence-electron chi connectivity index (χ2n) is 0.860. The van der Waals surface area contributed by atoms with Gasteiger partial charge in [-0.25, -0.2) is 4.57 Å². The first-order valence-corrected chi connectivity index (χ1v) is 4.11. The fourth-order valence-electron chi connectivity index (χ4n) is 0.